The third kappa shape index (κ3) is 7.13. The summed E-state index contributed by atoms with van der Waals surface area (Å²) in [5.74, 6) is 1.89. The summed E-state index contributed by atoms with van der Waals surface area (Å²) in [7, 11) is 0. The number of alkyl halides is 2. The van der Waals surface area contributed by atoms with E-state index < -0.39 is 0 Å². The van der Waals surface area contributed by atoms with Gasteiger partial charge in [-0.15, -0.1) is 0 Å². The molecular weight excluding hydrogens is 307 g/mol. The van der Waals surface area contributed by atoms with Crippen LogP contribution in [0.3, 0.4) is 0 Å². The van der Waals surface area contributed by atoms with E-state index in [-0.39, 0.29) is 0 Å². The molecule has 0 nitrogen and oxygen atoms in total. The number of halogens is 1. The fourth-order valence-electron chi connectivity index (χ4n) is 1.90. The Labute approximate surface area is 114 Å². The summed E-state index contributed by atoms with van der Waals surface area (Å²) in [5.41, 5.74) is 0.622. The predicted octanol–water partition coefficient (Wildman–Crippen LogP) is 1.97. The Kier molecular flexibility index (Phi) is 8.30. The zero-order valence-electron chi connectivity index (χ0n) is 12.4. The molecule has 0 spiro atoms. The Morgan fingerprint density at radius 3 is 1.88 bits per heavy atom. The Morgan fingerprint density at radius 1 is 1.19 bits per heavy atom. The van der Waals surface area contributed by atoms with E-state index in [0.29, 0.717) is 26.6 Å². The van der Waals surface area contributed by atoms with Gasteiger partial charge in [0.1, 0.15) is 0 Å². The van der Waals surface area contributed by atoms with E-state index in [1.54, 1.807) is 4.43 Å². The van der Waals surface area contributed by atoms with Crippen molar-refractivity contribution in [3.63, 3.8) is 0 Å². The van der Waals surface area contributed by atoms with Gasteiger partial charge in [-0.2, -0.15) is 0 Å². The van der Waals surface area contributed by atoms with Crippen molar-refractivity contribution in [2.24, 2.45) is 17.3 Å². The molecule has 0 aromatic carbocycles. The Bertz CT molecular complexity index is 166. The van der Waals surface area contributed by atoms with Crippen LogP contribution in [-0.4, -0.2) is 8.35 Å². The first kappa shape index (κ1) is 16.7. The van der Waals surface area contributed by atoms with Gasteiger partial charge >= 0.3 is 87.8 Å². The van der Waals surface area contributed by atoms with Crippen LogP contribution >= 0.6 is 0 Å². The van der Waals surface area contributed by atoms with Gasteiger partial charge in [-0.05, 0) is 5.92 Å². The van der Waals surface area contributed by atoms with Crippen LogP contribution in [0.15, 0.2) is 0 Å². The van der Waals surface area contributed by atoms with Crippen molar-refractivity contribution in [1.82, 2.24) is 0 Å². The van der Waals surface area contributed by atoms with E-state index in [1.807, 2.05) is 0 Å². The van der Waals surface area contributed by atoms with Gasteiger partial charge in [0.25, 0.3) is 0 Å². The molecule has 100 valence electrons. The molecular formula is C15H32I-. The minimum absolute atomic E-state index is 0.622. The van der Waals surface area contributed by atoms with E-state index in [9.17, 15) is 0 Å². The van der Waals surface area contributed by atoms with Crippen molar-refractivity contribution in [3.8, 4) is 0 Å². The summed E-state index contributed by atoms with van der Waals surface area (Å²) in [4.78, 5) is 0. The molecule has 0 amide bonds. The Hall–Kier alpha value is 0.730. The molecule has 1 rings (SSSR count). The van der Waals surface area contributed by atoms with Gasteiger partial charge in [0.2, 0.25) is 0 Å². The van der Waals surface area contributed by atoms with E-state index >= 15 is 0 Å². The van der Waals surface area contributed by atoms with Gasteiger partial charge in [0.05, 0.1) is 0 Å². The molecule has 1 aliphatic heterocycles. The van der Waals surface area contributed by atoms with Crippen molar-refractivity contribution in [3.05, 3.63) is 0 Å². The summed E-state index contributed by atoms with van der Waals surface area (Å²) in [6.07, 6.45) is 4.22. The average molecular weight is 339 g/mol. The van der Waals surface area contributed by atoms with Crippen LogP contribution in [0, 0.1) is 17.3 Å². The normalized spacial score (nSPS) is 21.9. The molecule has 1 heterocycles. The molecule has 0 aliphatic carbocycles. The fraction of sp³-hybridized carbons (Fsp3) is 1.00. The van der Waals surface area contributed by atoms with Gasteiger partial charge in [0.15, 0.2) is 0 Å². The molecule has 0 saturated carbocycles. The third-order valence-electron chi connectivity index (χ3n) is 3.28. The molecule has 1 heteroatoms. The van der Waals surface area contributed by atoms with Crippen molar-refractivity contribution in [2.45, 2.75) is 71.7 Å². The molecule has 0 aromatic rings. The summed E-state index contributed by atoms with van der Waals surface area (Å²) in [5, 5.41) is 0. The first-order chi connectivity index (χ1) is 7.35. The molecule has 0 aromatic heterocycles. The Morgan fingerprint density at radius 2 is 1.62 bits per heavy atom. The minimum atomic E-state index is 0.622. The molecule has 2 unspecified atom stereocenters. The second kappa shape index (κ2) is 7.94. The maximum atomic E-state index is 2.47. The quantitative estimate of drug-likeness (QED) is 0.531. The van der Waals surface area contributed by atoms with Gasteiger partial charge in [-0.1, -0.05) is 20.8 Å². The number of hydrogen-bond acceptors (Lipinski definition) is 0. The SMILES string of the molecule is CC(C)C.CCCC(C1C[I-]1)C(C)(C)CC. The standard InChI is InChI=1S/C11H22I.C4H10/c1-5-7-9(10-8-12-10)11(3,4)6-2;1-4(2)3/h9-10H,5-8H2,1-4H3;4H,1-3H3/q-1;. The third-order valence-corrected chi connectivity index (χ3v) is 6.05. The number of hydrogen-bond donors (Lipinski definition) is 0. The van der Waals surface area contributed by atoms with Crippen LogP contribution in [0.5, 0.6) is 0 Å². The van der Waals surface area contributed by atoms with Crippen molar-refractivity contribution >= 4 is 0 Å². The first-order valence-corrected chi connectivity index (χ1v) is 9.70. The van der Waals surface area contributed by atoms with Crippen molar-refractivity contribution in [2.75, 3.05) is 4.43 Å². The Balaban J connectivity index is 0.000000487. The van der Waals surface area contributed by atoms with E-state index in [4.69, 9.17) is 0 Å². The topological polar surface area (TPSA) is 0 Å². The van der Waals surface area contributed by atoms with Gasteiger partial charge in [-0.25, -0.2) is 0 Å². The molecule has 16 heavy (non-hydrogen) atoms. The fourth-order valence-corrected chi connectivity index (χ4v) is 4.76. The van der Waals surface area contributed by atoms with E-state index in [1.165, 1.54) is 23.2 Å². The molecule has 1 aliphatic rings. The first-order valence-electron chi connectivity index (χ1n) is 6.92. The van der Waals surface area contributed by atoms with Crippen LogP contribution < -0.4 is 21.2 Å². The van der Waals surface area contributed by atoms with Gasteiger partial charge < -0.3 is 0 Å². The molecule has 0 radical (unpaired) electrons. The van der Waals surface area contributed by atoms with E-state index in [0.717, 1.165) is 11.8 Å². The van der Waals surface area contributed by atoms with Gasteiger partial charge in [-0.3, -0.25) is 0 Å². The zero-order chi connectivity index (χ0) is 12.8. The summed E-state index contributed by atoms with van der Waals surface area (Å²) in [6.45, 7) is 16.1. The van der Waals surface area contributed by atoms with Crippen LogP contribution in [0.1, 0.15) is 67.7 Å². The molecule has 0 N–H and O–H groups in total. The summed E-state index contributed by atoms with van der Waals surface area (Å²) in [6, 6.07) is 0. The van der Waals surface area contributed by atoms with Gasteiger partial charge in [0, 0.05) is 0 Å². The summed E-state index contributed by atoms with van der Waals surface area (Å²) >= 11 is 0.649. The monoisotopic (exact) mass is 339 g/mol. The summed E-state index contributed by atoms with van der Waals surface area (Å²) < 4.78 is 2.81. The molecule has 0 bridgehead atoms. The second-order valence-electron chi connectivity index (χ2n) is 6.29. The predicted molar refractivity (Wildman–Crippen MR) is 71.6 cm³/mol. The maximum absolute atomic E-state index is 2.47. The number of rotatable bonds is 5. The van der Waals surface area contributed by atoms with Crippen LogP contribution in [0.25, 0.3) is 0 Å². The van der Waals surface area contributed by atoms with Crippen LogP contribution in [0.2, 0.25) is 0 Å². The second-order valence-corrected chi connectivity index (χ2v) is 9.66. The van der Waals surface area contributed by atoms with Crippen molar-refractivity contribution < 1.29 is 21.2 Å². The molecule has 1 saturated heterocycles. The average Bonchev–Trinajstić information content (AvgIpc) is 2.96. The van der Waals surface area contributed by atoms with E-state index in [2.05, 4.69) is 48.5 Å². The molecule has 2 atom stereocenters. The van der Waals surface area contributed by atoms with Crippen LogP contribution in [-0.2, 0) is 0 Å². The van der Waals surface area contributed by atoms with Crippen molar-refractivity contribution in [1.29, 1.82) is 0 Å². The molecule has 1 fully saturated rings. The van der Waals surface area contributed by atoms with Crippen LogP contribution in [0.4, 0.5) is 0 Å². The zero-order valence-corrected chi connectivity index (χ0v) is 14.6.